The van der Waals surface area contributed by atoms with Gasteiger partial charge in [-0.2, -0.15) is 5.26 Å². The Hall–Kier alpha value is -4.03. The van der Waals surface area contributed by atoms with Crippen LogP contribution in [-0.4, -0.2) is 31.1 Å². The molecule has 5 rings (SSSR count). The number of anilines is 1. The Bertz CT molecular complexity index is 1340. The summed E-state index contributed by atoms with van der Waals surface area (Å²) in [4.78, 5) is 12.9. The van der Waals surface area contributed by atoms with Crippen LogP contribution in [0.5, 0.6) is 5.75 Å². The van der Waals surface area contributed by atoms with E-state index < -0.39 is 0 Å². The first-order valence-corrected chi connectivity index (χ1v) is 9.69. The molecule has 154 valence electrons. The third-order valence-corrected chi connectivity index (χ3v) is 5.37. The van der Waals surface area contributed by atoms with Gasteiger partial charge in [0.1, 0.15) is 24.0 Å². The lowest BCUT2D eigenvalue weighted by Gasteiger charge is -2.14. The number of hydrogen-bond acceptors (Lipinski definition) is 7. The van der Waals surface area contributed by atoms with E-state index in [2.05, 4.69) is 26.3 Å². The highest BCUT2D eigenvalue weighted by Crippen LogP contribution is 2.32. The van der Waals surface area contributed by atoms with Crippen LogP contribution in [0.25, 0.3) is 16.6 Å². The van der Waals surface area contributed by atoms with Crippen LogP contribution in [0.1, 0.15) is 22.5 Å². The quantitative estimate of drug-likeness (QED) is 0.515. The van der Waals surface area contributed by atoms with Gasteiger partial charge in [0, 0.05) is 47.6 Å². The number of rotatable bonds is 5. The number of nitrogens with zero attached hydrogens (tertiary/aromatic N) is 5. The van der Waals surface area contributed by atoms with Crippen molar-refractivity contribution in [1.29, 1.82) is 5.26 Å². The second kappa shape index (κ2) is 7.66. The lowest BCUT2D eigenvalue weighted by Crippen LogP contribution is -2.10. The minimum absolute atomic E-state index is 0.203. The summed E-state index contributed by atoms with van der Waals surface area (Å²) < 4.78 is 21.7. The molecular weight excluding hydrogens is 399 g/mol. The van der Waals surface area contributed by atoms with Crippen LogP contribution >= 0.6 is 0 Å². The molecule has 8 nitrogen and oxygen atoms in total. The lowest BCUT2D eigenvalue weighted by molar-refractivity contribution is 0.277. The summed E-state index contributed by atoms with van der Waals surface area (Å²) in [5, 5.41) is 22.4. The Morgan fingerprint density at radius 3 is 2.97 bits per heavy atom. The van der Waals surface area contributed by atoms with E-state index in [1.165, 1.54) is 12.4 Å². The molecule has 0 fully saturated rings. The van der Waals surface area contributed by atoms with Crippen LogP contribution in [0.15, 0.2) is 43.0 Å². The summed E-state index contributed by atoms with van der Waals surface area (Å²) in [5.74, 6) is 0.808. The molecule has 0 saturated heterocycles. The maximum Gasteiger partial charge on any atom is 0.209 e. The molecule has 0 saturated carbocycles. The summed E-state index contributed by atoms with van der Waals surface area (Å²) in [6.45, 7) is 0.488. The van der Waals surface area contributed by atoms with Crippen LogP contribution in [0.2, 0.25) is 0 Å². The number of aliphatic hydroxyl groups excluding tert-OH is 1. The van der Waals surface area contributed by atoms with E-state index in [1.54, 1.807) is 35.0 Å². The summed E-state index contributed by atoms with van der Waals surface area (Å²) in [5.41, 5.74) is 3.89. The van der Waals surface area contributed by atoms with E-state index in [0.29, 0.717) is 52.6 Å². The molecule has 0 radical (unpaired) electrons. The van der Waals surface area contributed by atoms with Crippen molar-refractivity contribution in [3.05, 3.63) is 71.3 Å². The number of ether oxygens (including phenoxy) is 1. The Morgan fingerprint density at radius 2 is 2.13 bits per heavy atom. The normalized spacial score (nSPS) is 12.4. The summed E-state index contributed by atoms with van der Waals surface area (Å²) >= 11 is 0. The zero-order valence-electron chi connectivity index (χ0n) is 16.3. The van der Waals surface area contributed by atoms with Gasteiger partial charge in [0.2, 0.25) is 5.95 Å². The van der Waals surface area contributed by atoms with Crippen LogP contribution in [0.3, 0.4) is 0 Å². The van der Waals surface area contributed by atoms with Crippen molar-refractivity contribution in [3.8, 4) is 22.9 Å². The van der Waals surface area contributed by atoms with E-state index in [0.717, 1.165) is 5.56 Å². The number of fused-ring (bicyclic) bond motifs is 2. The molecule has 1 aliphatic rings. The average Bonchev–Trinajstić information content (AvgIpc) is 3.45. The third-order valence-electron chi connectivity index (χ3n) is 5.37. The standard InChI is InChI=1S/C22H17FN6O2/c23-17-3-4-20-14(5-7-31-20)15(17)9-26-22-27-10-16(13-2-1-6-25-19(13)11-30)21-18(8-24)28-12-29(21)22/h1-4,6,10,12,30H,5,7,9,11H2,(H,26,27). The molecule has 0 bridgehead atoms. The number of aromatic nitrogens is 4. The van der Waals surface area contributed by atoms with Crippen molar-refractivity contribution >= 4 is 11.5 Å². The molecular formula is C22H17FN6O2. The highest BCUT2D eigenvalue weighted by atomic mass is 19.1. The van der Waals surface area contributed by atoms with Crippen LogP contribution in [-0.2, 0) is 19.6 Å². The number of nitrogens with one attached hydrogen (secondary N) is 1. The first-order valence-electron chi connectivity index (χ1n) is 9.69. The van der Waals surface area contributed by atoms with Gasteiger partial charge in [-0.3, -0.25) is 9.38 Å². The first kappa shape index (κ1) is 19.0. The Morgan fingerprint density at radius 1 is 1.23 bits per heavy atom. The van der Waals surface area contributed by atoms with Gasteiger partial charge in [-0.15, -0.1) is 0 Å². The molecule has 31 heavy (non-hydrogen) atoms. The molecule has 0 atom stereocenters. The van der Waals surface area contributed by atoms with Crippen LogP contribution in [0.4, 0.5) is 10.3 Å². The first-order chi connectivity index (χ1) is 15.2. The number of hydrogen-bond donors (Lipinski definition) is 2. The second-order valence-electron chi connectivity index (χ2n) is 7.03. The zero-order valence-corrected chi connectivity index (χ0v) is 16.3. The molecule has 0 amide bonds. The fourth-order valence-corrected chi connectivity index (χ4v) is 3.91. The monoisotopic (exact) mass is 416 g/mol. The highest BCUT2D eigenvalue weighted by molar-refractivity contribution is 5.85. The Labute approximate surface area is 176 Å². The zero-order chi connectivity index (χ0) is 21.4. The highest BCUT2D eigenvalue weighted by Gasteiger charge is 2.21. The molecule has 2 N–H and O–H groups in total. The summed E-state index contributed by atoms with van der Waals surface area (Å²) in [6.07, 6.45) is 5.34. The number of benzene rings is 1. The fourth-order valence-electron chi connectivity index (χ4n) is 3.91. The van der Waals surface area contributed by atoms with Gasteiger partial charge in [-0.25, -0.2) is 14.4 Å². The van der Waals surface area contributed by atoms with E-state index in [-0.39, 0.29) is 24.7 Å². The molecule has 9 heteroatoms. The van der Waals surface area contributed by atoms with Crippen molar-refractivity contribution in [3.63, 3.8) is 0 Å². The van der Waals surface area contributed by atoms with Gasteiger partial charge >= 0.3 is 0 Å². The predicted octanol–water partition coefficient (Wildman–Crippen LogP) is 2.84. The maximum absolute atomic E-state index is 14.5. The van der Waals surface area contributed by atoms with Gasteiger partial charge in [0.05, 0.1) is 24.4 Å². The topological polar surface area (TPSA) is 108 Å². The number of pyridine rings is 1. The van der Waals surface area contributed by atoms with Gasteiger partial charge in [-0.05, 0) is 18.2 Å². The van der Waals surface area contributed by atoms with E-state index in [4.69, 9.17) is 4.74 Å². The Kier molecular flexibility index (Phi) is 4.69. The minimum atomic E-state index is -0.309. The average molecular weight is 416 g/mol. The molecule has 0 unspecified atom stereocenters. The molecule has 4 heterocycles. The third kappa shape index (κ3) is 3.14. The molecule has 4 aromatic rings. The van der Waals surface area contributed by atoms with Gasteiger partial charge in [0.25, 0.3) is 0 Å². The predicted molar refractivity (Wildman–Crippen MR) is 110 cm³/mol. The van der Waals surface area contributed by atoms with Gasteiger partial charge in [-0.1, -0.05) is 6.07 Å². The minimum Gasteiger partial charge on any atom is -0.493 e. The van der Waals surface area contributed by atoms with Crippen molar-refractivity contribution in [2.75, 3.05) is 11.9 Å². The number of halogens is 1. The van der Waals surface area contributed by atoms with Gasteiger partial charge < -0.3 is 15.2 Å². The van der Waals surface area contributed by atoms with E-state index in [9.17, 15) is 14.8 Å². The number of imidazole rings is 1. The molecule has 3 aromatic heterocycles. The number of nitriles is 1. The lowest BCUT2D eigenvalue weighted by atomic mass is 10.0. The van der Waals surface area contributed by atoms with Crippen molar-refractivity contribution < 1.29 is 14.2 Å². The SMILES string of the molecule is N#Cc1ncn2c(NCc3c(F)ccc4c3CCO4)ncc(-c3cccnc3CO)c12. The molecule has 1 aliphatic heterocycles. The van der Waals surface area contributed by atoms with Gasteiger partial charge in [0.15, 0.2) is 5.69 Å². The summed E-state index contributed by atoms with van der Waals surface area (Å²) in [7, 11) is 0. The summed E-state index contributed by atoms with van der Waals surface area (Å²) in [6, 6.07) is 8.70. The van der Waals surface area contributed by atoms with E-state index in [1.807, 2.05) is 0 Å². The molecule has 0 spiro atoms. The molecule has 0 aliphatic carbocycles. The Balaban J connectivity index is 1.58. The van der Waals surface area contributed by atoms with Crippen LogP contribution in [0, 0.1) is 17.1 Å². The number of aliphatic hydroxyl groups is 1. The maximum atomic E-state index is 14.5. The van der Waals surface area contributed by atoms with Crippen LogP contribution < -0.4 is 10.1 Å². The smallest absolute Gasteiger partial charge is 0.209 e. The van der Waals surface area contributed by atoms with Crippen molar-refractivity contribution in [2.24, 2.45) is 0 Å². The molecule has 1 aromatic carbocycles. The largest absolute Gasteiger partial charge is 0.493 e. The fraction of sp³-hybridized carbons (Fsp3) is 0.182. The van der Waals surface area contributed by atoms with Crippen molar-refractivity contribution in [1.82, 2.24) is 19.4 Å². The van der Waals surface area contributed by atoms with E-state index >= 15 is 0 Å². The second-order valence-corrected chi connectivity index (χ2v) is 7.03. The van der Waals surface area contributed by atoms with Crippen molar-refractivity contribution in [2.45, 2.75) is 19.6 Å².